The quantitative estimate of drug-likeness (QED) is 0.666. The van der Waals surface area contributed by atoms with Gasteiger partial charge in [0, 0.05) is 32.4 Å². The van der Waals surface area contributed by atoms with Crippen molar-refractivity contribution in [3.63, 3.8) is 0 Å². The van der Waals surface area contributed by atoms with Gasteiger partial charge in [-0.15, -0.1) is 0 Å². The standard InChI is InChI=1S/C14H17N2/c1-14(2,3)16-10-9-13(11-15-16)12-7-5-4-6-8-12/h4-11H,1-3H3/q+1. The SMILES string of the molecule is CC(C)(C)[n+]1ccc(-c2ccccc2)cn1. The molecule has 0 fully saturated rings. The molecule has 2 nitrogen and oxygen atoms in total. The lowest BCUT2D eigenvalue weighted by Crippen LogP contribution is -2.52. The second kappa shape index (κ2) is 4.05. The number of hydrogen-bond acceptors (Lipinski definition) is 1. The van der Waals surface area contributed by atoms with Crippen LogP contribution in [-0.2, 0) is 5.54 Å². The Kier molecular flexibility index (Phi) is 2.73. The van der Waals surface area contributed by atoms with Crippen molar-refractivity contribution in [2.75, 3.05) is 0 Å². The van der Waals surface area contributed by atoms with Gasteiger partial charge in [-0.1, -0.05) is 35.0 Å². The van der Waals surface area contributed by atoms with Crippen LogP contribution in [0.4, 0.5) is 0 Å². The summed E-state index contributed by atoms with van der Waals surface area (Å²) in [5.41, 5.74) is 2.40. The fourth-order valence-corrected chi connectivity index (χ4v) is 1.56. The van der Waals surface area contributed by atoms with E-state index in [9.17, 15) is 0 Å². The van der Waals surface area contributed by atoms with Gasteiger partial charge in [-0.3, -0.25) is 0 Å². The first-order chi connectivity index (χ1) is 7.57. The van der Waals surface area contributed by atoms with Crippen molar-refractivity contribution >= 4 is 0 Å². The summed E-state index contributed by atoms with van der Waals surface area (Å²) in [5, 5.41) is 4.44. The highest BCUT2D eigenvalue weighted by molar-refractivity contribution is 5.61. The molecule has 0 aliphatic heterocycles. The number of hydrogen-bond donors (Lipinski definition) is 0. The highest BCUT2D eigenvalue weighted by Crippen LogP contribution is 2.16. The van der Waals surface area contributed by atoms with Crippen LogP contribution in [0.15, 0.2) is 48.8 Å². The highest BCUT2D eigenvalue weighted by atomic mass is 15.3. The zero-order valence-electron chi connectivity index (χ0n) is 10.0. The summed E-state index contributed by atoms with van der Waals surface area (Å²) in [4.78, 5) is 0. The van der Waals surface area contributed by atoms with Gasteiger partial charge in [-0.05, 0) is 10.7 Å². The molecule has 0 spiro atoms. The first-order valence-electron chi connectivity index (χ1n) is 5.51. The molecule has 0 amide bonds. The number of nitrogens with zero attached hydrogens (tertiary/aromatic N) is 2. The molecule has 2 heteroatoms. The molecule has 0 bridgehead atoms. The smallest absolute Gasteiger partial charge is 0.0869 e. The minimum absolute atomic E-state index is 0.0369. The average molecular weight is 213 g/mol. The Balaban J connectivity index is 2.34. The molecule has 82 valence electrons. The predicted molar refractivity (Wildman–Crippen MR) is 64.9 cm³/mol. The van der Waals surface area contributed by atoms with Crippen molar-refractivity contribution in [1.29, 1.82) is 0 Å². The van der Waals surface area contributed by atoms with Crippen LogP contribution in [0.2, 0.25) is 0 Å². The van der Waals surface area contributed by atoms with Gasteiger partial charge in [0.25, 0.3) is 0 Å². The molecule has 0 aliphatic carbocycles. The van der Waals surface area contributed by atoms with E-state index in [4.69, 9.17) is 0 Å². The Hall–Kier alpha value is -1.70. The van der Waals surface area contributed by atoms with E-state index in [0.29, 0.717) is 0 Å². The van der Waals surface area contributed by atoms with Crippen LogP contribution >= 0.6 is 0 Å². The van der Waals surface area contributed by atoms with Crippen LogP contribution < -0.4 is 4.68 Å². The third-order valence-electron chi connectivity index (χ3n) is 2.51. The van der Waals surface area contributed by atoms with Gasteiger partial charge < -0.3 is 0 Å². The monoisotopic (exact) mass is 213 g/mol. The number of rotatable bonds is 1. The van der Waals surface area contributed by atoms with Crippen molar-refractivity contribution < 1.29 is 4.68 Å². The van der Waals surface area contributed by atoms with Crippen LogP contribution in [0.3, 0.4) is 0 Å². The maximum atomic E-state index is 4.44. The Bertz CT molecular complexity index is 452. The summed E-state index contributed by atoms with van der Waals surface area (Å²) >= 11 is 0. The molecule has 0 saturated heterocycles. The molecule has 0 saturated carbocycles. The molecule has 1 heterocycles. The average Bonchev–Trinajstić information content (AvgIpc) is 2.29. The Morgan fingerprint density at radius 3 is 2.12 bits per heavy atom. The Labute approximate surface area is 96.6 Å². The highest BCUT2D eigenvalue weighted by Gasteiger charge is 2.22. The van der Waals surface area contributed by atoms with Crippen LogP contribution in [-0.4, -0.2) is 5.10 Å². The van der Waals surface area contributed by atoms with Crippen LogP contribution in [0, 0.1) is 0 Å². The molecule has 0 atom stereocenters. The van der Waals surface area contributed by atoms with Gasteiger partial charge in [0.15, 0.2) is 11.7 Å². The van der Waals surface area contributed by atoms with E-state index in [0.717, 1.165) is 5.56 Å². The van der Waals surface area contributed by atoms with E-state index in [1.807, 2.05) is 35.3 Å². The van der Waals surface area contributed by atoms with Crippen molar-refractivity contribution in [3.05, 3.63) is 48.8 Å². The normalized spacial score (nSPS) is 11.4. The van der Waals surface area contributed by atoms with E-state index in [2.05, 4.69) is 44.1 Å². The van der Waals surface area contributed by atoms with E-state index in [1.54, 1.807) is 0 Å². The van der Waals surface area contributed by atoms with E-state index in [1.165, 1.54) is 5.56 Å². The zero-order chi connectivity index (χ0) is 11.6. The fourth-order valence-electron chi connectivity index (χ4n) is 1.56. The van der Waals surface area contributed by atoms with Gasteiger partial charge >= 0.3 is 0 Å². The molecule has 2 aromatic rings. The fraction of sp³-hybridized carbons (Fsp3) is 0.286. The molecule has 16 heavy (non-hydrogen) atoms. The predicted octanol–water partition coefficient (Wildman–Crippen LogP) is 2.79. The molecule has 0 radical (unpaired) electrons. The van der Waals surface area contributed by atoms with Gasteiger partial charge in [-0.2, -0.15) is 0 Å². The molecular formula is C14H17N2+. The molecule has 1 aromatic heterocycles. The van der Waals surface area contributed by atoms with E-state index >= 15 is 0 Å². The van der Waals surface area contributed by atoms with E-state index in [-0.39, 0.29) is 5.54 Å². The lowest BCUT2D eigenvalue weighted by Gasteiger charge is -2.10. The largest absolute Gasteiger partial charge is 0.197 e. The van der Waals surface area contributed by atoms with Crippen LogP contribution in [0.5, 0.6) is 0 Å². The van der Waals surface area contributed by atoms with Gasteiger partial charge in [0.2, 0.25) is 0 Å². The lowest BCUT2D eigenvalue weighted by atomic mass is 10.1. The second-order valence-corrected chi connectivity index (χ2v) is 4.90. The maximum Gasteiger partial charge on any atom is 0.197 e. The first kappa shape index (κ1) is 10.8. The Morgan fingerprint density at radius 2 is 1.62 bits per heavy atom. The summed E-state index contributed by atoms with van der Waals surface area (Å²) in [5.74, 6) is 0. The minimum atomic E-state index is 0.0369. The molecular weight excluding hydrogens is 196 g/mol. The van der Waals surface area contributed by atoms with Gasteiger partial charge in [0.1, 0.15) is 6.20 Å². The third kappa shape index (κ3) is 2.27. The van der Waals surface area contributed by atoms with Gasteiger partial charge in [-0.25, -0.2) is 0 Å². The van der Waals surface area contributed by atoms with Gasteiger partial charge in [0.05, 0.1) is 0 Å². The maximum absolute atomic E-state index is 4.44. The van der Waals surface area contributed by atoms with Crippen molar-refractivity contribution in [2.45, 2.75) is 26.3 Å². The topological polar surface area (TPSA) is 16.8 Å². The van der Waals surface area contributed by atoms with Crippen LogP contribution in [0.1, 0.15) is 20.8 Å². The number of benzene rings is 1. The van der Waals surface area contributed by atoms with Crippen molar-refractivity contribution in [1.82, 2.24) is 5.10 Å². The van der Waals surface area contributed by atoms with Crippen molar-refractivity contribution in [3.8, 4) is 11.1 Å². The molecule has 0 aliphatic rings. The minimum Gasteiger partial charge on any atom is -0.0869 e. The number of aromatic nitrogens is 2. The molecule has 2 rings (SSSR count). The third-order valence-corrected chi connectivity index (χ3v) is 2.51. The molecule has 0 unspecified atom stereocenters. The van der Waals surface area contributed by atoms with E-state index < -0.39 is 0 Å². The van der Waals surface area contributed by atoms with Crippen molar-refractivity contribution in [2.24, 2.45) is 0 Å². The summed E-state index contributed by atoms with van der Waals surface area (Å²) in [7, 11) is 0. The Morgan fingerprint density at radius 1 is 0.938 bits per heavy atom. The van der Waals surface area contributed by atoms with Crippen LogP contribution in [0.25, 0.3) is 11.1 Å². The lowest BCUT2D eigenvalue weighted by molar-refractivity contribution is -0.805. The molecule has 0 N–H and O–H groups in total. The zero-order valence-corrected chi connectivity index (χ0v) is 10.0. The summed E-state index contributed by atoms with van der Waals surface area (Å²) < 4.78 is 1.97. The molecule has 1 aromatic carbocycles. The first-order valence-corrected chi connectivity index (χ1v) is 5.51. The second-order valence-electron chi connectivity index (χ2n) is 4.90. The summed E-state index contributed by atoms with van der Waals surface area (Å²) in [6, 6.07) is 12.4. The summed E-state index contributed by atoms with van der Waals surface area (Å²) in [6.07, 6.45) is 3.95. The summed E-state index contributed by atoms with van der Waals surface area (Å²) in [6.45, 7) is 6.42.